The standard InChI is InChI=1S/C17H17N3O2/c1-12-3-6-14(7-4-12)10-18-17(22)20-15-8-5-13(2)16(9-15)19-11-21/h3-9H,10H2,1-2H3,(H2,18,20,22). The van der Waals surface area contributed by atoms with Gasteiger partial charge in [-0.05, 0) is 37.1 Å². The maximum Gasteiger partial charge on any atom is 0.319 e. The lowest BCUT2D eigenvalue weighted by Gasteiger charge is -2.09. The molecule has 2 rings (SSSR count). The zero-order chi connectivity index (χ0) is 15.9. The second-order valence-electron chi connectivity index (χ2n) is 5.00. The maximum absolute atomic E-state index is 11.9. The number of anilines is 1. The second-order valence-corrected chi connectivity index (χ2v) is 5.00. The van der Waals surface area contributed by atoms with Crippen molar-refractivity contribution in [3.05, 3.63) is 59.2 Å². The van der Waals surface area contributed by atoms with Gasteiger partial charge in [-0.2, -0.15) is 4.99 Å². The molecule has 0 aliphatic heterocycles. The molecule has 0 bridgehead atoms. The monoisotopic (exact) mass is 295 g/mol. The topological polar surface area (TPSA) is 70.6 Å². The largest absolute Gasteiger partial charge is 0.334 e. The predicted molar refractivity (Wildman–Crippen MR) is 86.0 cm³/mol. The molecule has 2 amide bonds. The summed E-state index contributed by atoms with van der Waals surface area (Å²) in [6.07, 6.45) is 1.50. The van der Waals surface area contributed by atoms with Gasteiger partial charge in [0.05, 0.1) is 5.69 Å². The van der Waals surface area contributed by atoms with E-state index >= 15 is 0 Å². The summed E-state index contributed by atoms with van der Waals surface area (Å²) in [6, 6.07) is 12.8. The highest BCUT2D eigenvalue weighted by molar-refractivity contribution is 5.89. The van der Waals surface area contributed by atoms with Crippen molar-refractivity contribution in [2.45, 2.75) is 20.4 Å². The average Bonchev–Trinajstić information content (AvgIpc) is 2.50. The molecule has 112 valence electrons. The van der Waals surface area contributed by atoms with Crippen LogP contribution in [0.2, 0.25) is 0 Å². The Kier molecular flexibility index (Phi) is 5.07. The van der Waals surface area contributed by atoms with Crippen molar-refractivity contribution >= 4 is 23.5 Å². The SMILES string of the molecule is Cc1ccc(CNC(=O)Nc2ccc(C)c(N=C=O)c2)cc1. The molecule has 22 heavy (non-hydrogen) atoms. The van der Waals surface area contributed by atoms with Crippen molar-refractivity contribution < 1.29 is 9.59 Å². The van der Waals surface area contributed by atoms with Crippen LogP contribution in [0.1, 0.15) is 16.7 Å². The first-order chi connectivity index (χ1) is 10.6. The van der Waals surface area contributed by atoms with E-state index in [1.807, 2.05) is 38.1 Å². The van der Waals surface area contributed by atoms with Crippen LogP contribution in [0.5, 0.6) is 0 Å². The Morgan fingerprint density at radius 1 is 1.14 bits per heavy atom. The van der Waals surface area contributed by atoms with E-state index in [-0.39, 0.29) is 6.03 Å². The van der Waals surface area contributed by atoms with Gasteiger partial charge in [0.1, 0.15) is 0 Å². The minimum absolute atomic E-state index is 0.314. The zero-order valence-corrected chi connectivity index (χ0v) is 12.5. The fraction of sp³-hybridized carbons (Fsp3) is 0.176. The maximum atomic E-state index is 11.9. The third-order valence-electron chi connectivity index (χ3n) is 3.21. The third kappa shape index (κ3) is 4.30. The number of hydrogen-bond donors (Lipinski definition) is 2. The van der Waals surface area contributed by atoms with Crippen LogP contribution in [0.25, 0.3) is 0 Å². The zero-order valence-electron chi connectivity index (χ0n) is 12.5. The molecule has 0 unspecified atom stereocenters. The van der Waals surface area contributed by atoms with Gasteiger partial charge >= 0.3 is 6.03 Å². The molecule has 0 aromatic heterocycles. The number of isocyanates is 1. The first-order valence-electron chi connectivity index (χ1n) is 6.87. The summed E-state index contributed by atoms with van der Waals surface area (Å²) in [5.41, 5.74) is 4.10. The summed E-state index contributed by atoms with van der Waals surface area (Å²) < 4.78 is 0. The van der Waals surface area contributed by atoms with E-state index in [2.05, 4.69) is 15.6 Å². The fourth-order valence-electron chi connectivity index (χ4n) is 1.92. The van der Waals surface area contributed by atoms with Crippen molar-refractivity contribution in [1.29, 1.82) is 0 Å². The van der Waals surface area contributed by atoms with Gasteiger partial charge < -0.3 is 10.6 Å². The number of nitrogens with zero attached hydrogens (tertiary/aromatic N) is 1. The highest BCUT2D eigenvalue weighted by Gasteiger charge is 2.04. The number of urea groups is 1. The van der Waals surface area contributed by atoms with E-state index in [1.54, 1.807) is 18.2 Å². The fourth-order valence-corrected chi connectivity index (χ4v) is 1.92. The smallest absolute Gasteiger partial charge is 0.319 e. The van der Waals surface area contributed by atoms with E-state index in [0.717, 1.165) is 11.1 Å². The van der Waals surface area contributed by atoms with E-state index < -0.39 is 0 Å². The van der Waals surface area contributed by atoms with Gasteiger partial charge in [-0.15, -0.1) is 0 Å². The summed E-state index contributed by atoms with van der Waals surface area (Å²) >= 11 is 0. The number of nitrogens with one attached hydrogen (secondary N) is 2. The molecule has 0 aliphatic carbocycles. The Hall–Kier alpha value is -2.91. The molecule has 0 saturated heterocycles. The number of benzene rings is 2. The molecular weight excluding hydrogens is 278 g/mol. The molecule has 0 saturated carbocycles. The number of aliphatic imine (C=N–C) groups is 1. The molecule has 5 nitrogen and oxygen atoms in total. The van der Waals surface area contributed by atoms with E-state index in [4.69, 9.17) is 0 Å². The van der Waals surface area contributed by atoms with Gasteiger partial charge in [0.15, 0.2) is 0 Å². The van der Waals surface area contributed by atoms with Crippen LogP contribution in [0.3, 0.4) is 0 Å². The minimum Gasteiger partial charge on any atom is -0.334 e. The molecule has 2 aromatic rings. The van der Waals surface area contributed by atoms with Gasteiger partial charge in [-0.25, -0.2) is 9.59 Å². The lowest BCUT2D eigenvalue weighted by atomic mass is 10.1. The molecular formula is C17H17N3O2. The van der Waals surface area contributed by atoms with Crippen molar-refractivity contribution in [3.63, 3.8) is 0 Å². The van der Waals surface area contributed by atoms with Crippen LogP contribution in [0, 0.1) is 13.8 Å². The number of hydrogen-bond acceptors (Lipinski definition) is 3. The van der Waals surface area contributed by atoms with E-state index in [1.165, 1.54) is 11.6 Å². The highest BCUT2D eigenvalue weighted by atomic mass is 16.2. The first-order valence-corrected chi connectivity index (χ1v) is 6.87. The summed E-state index contributed by atoms with van der Waals surface area (Å²) in [7, 11) is 0. The summed E-state index contributed by atoms with van der Waals surface area (Å²) in [5, 5.41) is 5.48. The summed E-state index contributed by atoms with van der Waals surface area (Å²) in [4.78, 5) is 25.8. The molecule has 0 aliphatic rings. The van der Waals surface area contributed by atoms with Crippen LogP contribution < -0.4 is 10.6 Å². The van der Waals surface area contributed by atoms with Crippen LogP contribution in [-0.4, -0.2) is 12.1 Å². The van der Waals surface area contributed by atoms with Gasteiger partial charge in [0, 0.05) is 12.2 Å². The van der Waals surface area contributed by atoms with Crippen molar-refractivity contribution in [1.82, 2.24) is 5.32 Å². The molecule has 2 aromatic carbocycles. The molecule has 0 heterocycles. The second kappa shape index (κ2) is 7.20. The molecule has 0 fully saturated rings. The average molecular weight is 295 g/mol. The Morgan fingerprint density at radius 3 is 2.55 bits per heavy atom. The van der Waals surface area contributed by atoms with Gasteiger partial charge in [0.2, 0.25) is 6.08 Å². The molecule has 0 spiro atoms. The van der Waals surface area contributed by atoms with Crippen LogP contribution in [0.15, 0.2) is 47.5 Å². The normalized spacial score (nSPS) is 9.73. The Morgan fingerprint density at radius 2 is 1.86 bits per heavy atom. The minimum atomic E-state index is -0.314. The van der Waals surface area contributed by atoms with Gasteiger partial charge in [-0.1, -0.05) is 35.9 Å². The number of aryl methyl sites for hydroxylation is 2. The molecule has 5 heteroatoms. The molecule has 0 atom stereocenters. The van der Waals surface area contributed by atoms with Crippen LogP contribution in [-0.2, 0) is 11.3 Å². The number of carbonyl (C=O) groups excluding carboxylic acids is 2. The van der Waals surface area contributed by atoms with Crippen molar-refractivity contribution in [2.75, 3.05) is 5.32 Å². The number of amides is 2. The Labute approximate surface area is 129 Å². The summed E-state index contributed by atoms with van der Waals surface area (Å²) in [6.45, 7) is 4.29. The van der Waals surface area contributed by atoms with Crippen molar-refractivity contribution in [3.8, 4) is 0 Å². The predicted octanol–water partition coefficient (Wildman–Crippen LogP) is 3.59. The van der Waals surface area contributed by atoms with Gasteiger partial charge in [0.25, 0.3) is 0 Å². The van der Waals surface area contributed by atoms with Crippen LogP contribution in [0.4, 0.5) is 16.2 Å². The van der Waals surface area contributed by atoms with Crippen molar-refractivity contribution in [2.24, 2.45) is 4.99 Å². The Balaban J connectivity index is 1.95. The first kappa shape index (κ1) is 15.5. The lowest BCUT2D eigenvalue weighted by molar-refractivity contribution is 0.251. The molecule has 2 N–H and O–H groups in total. The van der Waals surface area contributed by atoms with Gasteiger partial charge in [-0.3, -0.25) is 0 Å². The molecule has 0 radical (unpaired) electrons. The van der Waals surface area contributed by atoms with E-state index in [0.29, 0.717) is 17.9 Å². The lowest BCUT2D eigenvalue weighted by Crippen LogP contribution is -2.28. The van der Waals surface area contributed by atoms with E-state index in [9.17, 15) is 9.59 Å². The quantitative estimate of drug-likeness (QED) is 0.668. The highest BCUT2D eigenvalue weighted by Crippen LogP contribution is 2.22. The number of carbonyl (C=O) groups is 1. The third-order valence-corrected chi connectivity index (χ3v) is 3.21. The van der Waals surface area contributed by atoms with Crippen LogP contribution >= 0.6 is 0 Å². The Bertz CT molecular complexity index is 717. The summed E-state index contributed by atoms with van der Waals surface area (Å²) in [5.74, 6) is 0. The number of rotatable bonds is 4.